The number of hydrogen-bond acceptors (Lipinski definition) is 9. The average Bonchev–Trinajstić information content (AvgIpc) is 3.26. The highest BCUT2D eigenvalue weighted by Crippen LogP contribution is 2.54. The molecule has 1 aliphatic rings. The molecule has 2 aromatic carbocycles. The van der Waals surface area contributed by atoms with Gasteiger partial charge in [-0.2, -0.15) is 0 Å². The van der Waals surface area contributed by atoms with Crippen LogP contribution in [0.4, 0.5) is 5.69 Å². The van der Waals surface area contributed by atoms with Gasteiger partial charge >= 0.3 is 11.7 Å². The number of esters is 1. The summed E-state index contributed by atoms with van der Waals surface area (Å²) in [6, 6.07) is 5.03. The number of methoxy groups -OCH3 is 6. The molecule has 0 aliphatic carbocycles. The van der Waals surface area contributed by atoms with Gasteiger partial charge in [0.25, 0.3) is 0 Å². The van der Waals surface area contributed by atoms with Crippen LogP contribution in [-0.2, 0) is 17.7 Å². The Morgan fingerprint density at radius 1 is 0.892 bits per heavy atom. The summed E-state index contributed by atoms with van der Waals surface area (Å²) in [6.45, 7) is 0.297. The molecule has 0 radical (unpaired) electrons. The van der Waals surface area contributed by atoms with E-state index < -0.39 is 10.9 Å². The minimum atomic E-state index is -0.728. The summed E-state index contributed by atoms with van der Waals surface area (Å²) >= 11 is 3.51. The Bertz CT molecular complexity index is 1410. The second-order valence-corrected chi connectivity index (χ2v) is 8.74. The normalized spacial score (nSPS) is 11.8. The Balaban J connectivity index is 2.19. The van der Waals surface area contributed by atoms with E-state index in [1.54, 1.807) is 22.8 Å². The Morgan fingerprint density at radius 2 is 1.49 bits per heavy atom. The molecular formula is C25H25BrN2O9. The van der Waals surface area contributed by atoms with Gasteiger partial charge in [-0.1, -0.05) is 0 Å². The fourth-order valence-electron chi connectivity index (χ4n) is 4.73. The van der Waals surface area contributed by atoms with E-state index in [2.05, 4.69) is 15.9 Å². The summed E-state index contributed by atoms with van der Waals surface area (Å²) in [6.07, 6.45) is 0.494. The topological polar surface area (TPSA) is 121 Å². The van der Waals surface area contributed by atoms with Crippen LogP contribution in [0.2, 0.25) is 0 Å². The number of aryl methyl sites for hydroxylation is 1. The lowest BCUT2D eigenvalue weighted by atomic mass is 9.95. The maximum absolute atomic E-state index is 13.2. The van der Waals surface area contributed by atoms with Crippen LogP contribution >= 0.6 is 15.9 Å². The third kappa shape index (κ3) is 4.01. The minimum absolute atomic E-state index is 0.0274. The molecule has 0 amide bonds. The van der Waals surface area contributed by atoms with Gasteiger partial charge in [-0.25, -0.2) is 4.79 Å². The average molecular weight is 577 g/mol. The van der Waals surface area contributed by atoms with Gasteiger partial charge in [0.2, 0.25) is 5.75 Å². The van der Waals surface area contributed by atoms with Gasteiger partial charge in [-0.05, 0) is 46.1 Å². The largest absolute Gasteiger partial charge is 0.493 e. The van der Waals surface area contributed by atoms with Crippen molar-refractivity contribution in [3.8, 4) is 51.1 Å². The van der Waals surface area contributed by atoms with Crippen LogP contribution in [0.15, 0.2) is 22.7 Å². The first-order chi connectivity index (χ1) is 17.8. The minimum Gasteiger partial charge on any atom is -0.493 e. The standard InChI is InChI=1S/C25H25BrN2O9/c1-32-15-9-12-7-8-27-20(13(12)10-16(15)33-2)21(28(30)31)18(22(27)25(29)37-6)14-11-17(34-3)23(35-4)24(36-5)19(14)26/h9-11H,7-8H2,1-6H3. The molecule has 0 saturated carbocycles. The summed E-state index contributed by atoms with van der Waals surface area (Å²) in [5, 5.41) is 12.7. The second kappa shape index (κ2) is 10.2. The molecule has 3 aromatic rings. The summed E-state index contributed by atoms with van der Waals surface area (Å²) in [5.74, 6) is 0.976. The smallest absolute Gasteiger partial charge is 0.355 e. The molecule has 1 aliphatic heterocycles. The third-order valence-corrected chi connectivity index (χ3v) is 7.09. The lowest BCUT2D eigenvalue weighted by Crippen LogP contribution is -2.17. The molecular weight excluding hydrogens is 552 g/mol. The number of carbonyl (C=O) groups excluding carboxylic acids is 1. The van der Waals surface area contributed by atoms with E-state index in [0.717, 1.165) is 5.56 Å². The maximum Gasteiger partial charge on any atom is 0.355 e. The van der Waals surface area contributed by atoms with E-state index in [9.17, 15) is 14.9 Å². The fourth-order valence-corrected chi connectivity index (χ4v) is 5.38. The van der Waals surface area contributed by atoms with Crippen LogP contribution in [0.25, 0.3) is 22.4 Å². The van der Waals surface area contributed by atoms with Crippen molar-refractivity contribution in [2.24, 2.45) is 0 Å². The molecule has 37 heavy (non-hydrogen) atoms. The van der Waals surface area contributed by atoms with Crippen molar-refractivity contribution < 1.29 is 38.1 Å². The Kier molecular flexibility index (Phi) is 7.21. The first kappa shape index (κ1) is 26.1. The summed E-state index contributed by atoms with van der Waals surface area (Å²) < 4.78 is 34.4. The molecule has 12 heteroatoms. The van der Waals surface area contributed by atoms with Crippen LogP contribution < -0.4 is 23.7 Å². The van der Waals surface area contributed by atoms with E-state index in [1.165, 1.54) is 42.7 Å². The SMILES string of the molecule is COC(=O)c1c(-c2cc(OC)c(OC)c(OC)c2Br)c([N+](=O)[O-])c2n1CCc1cc(OC)c(OC)cc1-2. The van der Waals surface area contributed by atoms with Gasteiger partial charge in [0.15, 0.2) is 23.0 Å². The highest BCUT2D eigenvalue weighted by molar-refractivity contribution is 9.10. The number of halogens is 1. The number of hydrogen-bond donors (Lipinski definition) is 0. The van der Waals surface area contributed by atoms with Gasteiger partial charge in [0.1, 0.15) is 11.4 Å². The van der Waals surface area contributed by atoms with Crippen molar-refractivity contribution in [1.29, 1.82) is 0 Å². The zero-order valence-electron chi connectivity index (χ0n) is 21.1. The summed E-state index contributed by atoms with van der Waals surface area (Å²) in [5.41, 5.74) is 1.73. The fraction of sp³-hybridized carbons (Fsp3) is 0.320. The molecule has 2 heterocycles. The van der Waals surface area contributed by atoms with E-state index in [4.69, 9.17) is 28.4 Å². The second-order valence-electron chi connectivity index (χ2n) is 7.94. The van der Waals surface area contributed by atoms with Crippen LogP contribution in [-0.4, -0.2) is 58.1 Å². The summed E-state index contributed by atoms with van der Waals surface area (Å²) in [4.78, 5) is 25.4. The van der Waals surface area contributed by atoms with Gasteiger partial charge in [0, 0.05) is 17.7 Å². The Labute approximate surface area is 221 Å². The molecule has 0 unspecified atom stereocenters. The van der Waals surface area contributed by atoms with E-state index in [0.29, 0.717) is 40.1 Å². The number of rotatable bonds is 8. The molecule has 0 N–H and O–H groups in total. The number of nitrogens with zero attached hydrogens (tertiary/aromatic N) is 2. The highest BCUT2D eigenvalue weighted by atomic mass is 79.9. The number of carbonyl (C=O) groups is 1. The van der Waals surface area contributed by atoms with Crippen molar-refractivity contribution in [3.05, 3.63) is 44.0 Å². The van der Waals surface area contributed by atoms with Gasteiger partial charge in [-0.3, -0.25) is 10.1 Å². The first-order valence-electron chi connectivity index (χ1n) is 11.0. The van der Waals surface area contributed by atoms with Crippen molar-refractivity contribution >= 4 is 27.6 Å². The molecule has 1 aromatic heterocycles. The Hall–Kier alpha value is -3.93. The third-order valence-electron chi connectivity index (χ3n) is 6.31. The number of aromatic nitrogens is 1. The number of nitro groups is 1. The number of benzene rings is 2. The molecule has 0 atom stereocenters. The van der Waals surface area contributed by atoms with Crippen LogP contribution in [0.5, 0.6) is 28.7 Å². The predicted molar refractivity (Wildman–Crippen MR) is 137 cm³/mol. The van der Waals surface area contributed by atoms with Gasteiger partial charge < -0.3 is 33.0 Å². The van der Waals surface area contributed by atoms with Gasteiger partial charge in [0.05, 0.1) is 57.6 Å². The quantitative estimate of drug-likeness (QED) is 0.210. The van der Waals surface area contributed by atoms with Crippen molar-refractivity contribution in [3.63, 3.8) is 0 Å². The number of ether oxygens (including phenoxy) is 6. The maximum atomic E-state index is 13.2. The molecule has 0 bridgehead atoms. The summed E-state index contributed by atoms with van der Waals surface area (Å²) in [7, 11) is 8.55. The van der Waals surface area contributed by atoms with Crippen LogP contribution in [0.3, 0.4) is 0 Å². The molecule has 0 fully saturated rings. The lowest BCUT2D eigenvalue weighted by molar-refractivity contribution is -0.383. The highest BCUT2D eigenvalue weighted by Gasteiger charge is 2.40. The molecule has 0 spiro atoms. The van der Waals surface area contributed by atoms with Crippen molar-refractivity contribution in [1.82, 2.24) is 4.57 Å². The van der Waals surface area contributed by atoms with E-state index in [1.807, 2.05) is 0 Å². The lowest BCUT2D eigenvalue weighted by Gasteiger charge is -2.22. The monoisotopic (exact) mass is 576 g/mol. The predicted octanol–water partition coefficient (Wildman–Crippen LogP) is 4.88. The molecule has 196 valence electrons. The van der Waals surface area contributed by atoms with Crippen LogP contribution in [0, 0.1) is 10.1 Å². The van der Waals surface area contributed by atoms with Gasteiger partial charge in [-0.15, -0.1) is 0 Å². The van der Waals surface area contributed by atoms with E-state index in [-0.39, 0.29) is 39.9 Å². The zero-order valence-corrected chi connectivity index (χ0v) is 22.7. The first-order valence-corrected chi connectivity index (χ1v) is 11.8. The molecule has 0 saturated heterocycles. The molecule has 4 rings (SSSR count). The Morgan fingerprint density at radius 3 is 2.03 bits per heavy atom. The van der Waals surface area contributed by atoms with Crippen LogP contribution in [0.1, 0.15) is 16.1 Å². The zero-order chi connectivity index (χ0) is 27.0. The van der Waals surface area contributed by atoms with Crippen molar-refractivity contribution in [2.45, 2.75) is 13.0 Å². The van der Waals surface area contributed by atoms with Crippen molar-refractivity contribution in [2.75, 3.05) is 42.7 Å². The van der Waals surface area contributed by atoms with E-state index >= 15 is 0 Å². The number of fused-ring (bicyclic) bond motifs is 3. The molecule has 11 nitrogen and oxygen atoms in total.